The Hall–Kier alpha value is -1.93. The molecule has 134 valence electrons. The van der Waals surface area contributed by atoms with Crippen molar-refractivity contribution in [3.63, 3.8) is 0 Å². The number of sulfone groups is 1. The minimum Gasteiger partial charge on any atom is -0.494 e. The first-order valence-corrected chi connectivity index (χ1v) is 10.8. The summed E-state index contributed by atoms with van der Waals surface area (Å²) in [6, 6.07) is 7.62. The number of carbonyl (C=O) groups excluding carboxylic acids is 1. The van der Waals surface area contributed by atoms with E-state index in [1.165, 1.54) is 11.3 Å². The van der Waals surface area contributed by atoms with Crippen LogP contribution in [0.5, 0.6) is 5.75 Å². The van der Waals surface area contributed by atoms with Crippen molar-refractivity contribution < 1.29 is 17.9 Å². The van der Waals surface area contributed by atoms with Crippen LogP contribution in [-0.4, -0.2) is 37.4 Å². The summed E-state index contributed by atoms with van der Waals surface area (Å²) in [5.41, 5.74) is 1.73. The highest BCUT2D eigenvalue weighted by atomic mass is 32.2. The molecule has 0 bridgehead atoms. The molecule has 1 aromatic heterocycles. The van der Waals surface area contributed by atoms with E-state index < -0.39 is 9.84 Å². The van der Waals surface area contributed by atoms with Crippen LogP contribution in [0.4, 0.5) is 5.13 Å². The van der Waals surface area contributed by atoms with Crippen LogP contribution in [0, 0.1) is 5.92 Å². The van der Waals surface area contributed by atoms with Gasteiger partial charge in [0.1, 0.15) is 5.75 Å². The van der Waals surface area contributed by atoms with Gasteiger partial charge in [-0.05, 0) is 43.5 Å². The van der Waals surface area contributed by atoms with E-state index in [-0.39, 0.29) is 29.8 Å². The molecule has 1 fully saturated rings. The van der Waals surface area contributed by atoms with Crippen molar-refractivity contribution >= 4 is 32.2 Å². The molecule has 1 aliphatic heterocycles. The lowest BCUT2D eigenvalue weighted by molar-refractivity contribution is -0.116. The second-order valence-electron chi connectivity index (χ2n) is 6.02. The quantitative estimate of drug-likeness (QED) is 0.833. The van der Waals surface area contributed by atoms with E-state index in [4.69, 9.17) is 4.74 Å². The topological polar surface area (TPSA) is 85.4 Å². The molecule has 1 saturated heterocycles. The van der Waals surface area contributed by atoms with Gasteiger partial charge in [-0.2, -0.15) is 0 Å². The Morgan fingerprint density at radius 1 is 1.36 bits per heavy atom. The summed E-state index contributed by atoms with van der Waals surface area (Å²) in [6.07, 6.45) is 0.780. The van der Waals surface area contributed by atoms with E-state index in [1.54, 1.807) is 0 Å². The highest BCUT2D eigenvalue weighted by Gasteiger charge is 2.29. The molecule has 1 unspecified atom stereocenters. The maximum atomic E-state index is 12.1. The van der Waals surface area contributed by atoms with Gasteiger partial charge in [0.2, 0.25) is 5.91 Å². The molecule has 1 amide bonds. The number of hydrogen-bond donors (Lipinski definition) is 1. The summed E-state index contributed by atoms with van der Waals surface area (Å²) in [5.74, 6) is 0.826. The summed E-state index contributed by atoms with van der Waals surface area (Å²) in [6.45, 7) is 2.55. The van der Waals surface area contributed by atoms with Gasteiger partial charge in [-0.15, -0.1) is 11.3 Å². The van der Waals surface area contributed by atoms with Gasteiger partial charge in [-0.3, -0.25) is 4.79 Å². The fraction of sp³-hybridized carbons (Fsp3) is 0.412. The van der Waals surface area contributed by atoms with Gasteiger partial charge in [0.25, 0.3) is 0 Å². The molecule has 25 heavy (non-hydrogen) atoms. The summed E-state index contributed by atoms with van der Waals surface area (Å²) in [5, 5.41) is 5.17. The zero-order chi connectivity index (χ0) is 17.9. The second-order valence-corrected chi connectivity index (χ2v) is 9.10. The Kier molecular flexibility index (Phi) is 5.39. The van der Waals surface area contributed by atoms with E-state index in [0.29, 0.717) is 18.2 Å². The van der Waals surface area contributed by atoms with Crippen LogP contribution in [0.1, 0.15) is 19.8 Å². The van der Waals surface area contributed by atoms with E-state index in [2.05, 4.69) is 10.3 Å². The van der Waals surface area contributed by atoms with Gasteiger partial charge in [-0.25, -0.2) is 13.4 Å². The van der Waals surface area contributed by atoms with Crippen LogP contribution >= 0.6 is 11.3 Å². The largest absolute Gasteiger partial charge is 0.494 e. The number of nitrogens with one attached hydrogen (secondary N) is 1. The molecule has 1 aromatic carbocycles. The van der Waals surface area contributed by atoms with Crippen molar-refractivity contribution in [1.29, 1.82) is 0 Å². The first-order chi connectivity index (χ1) is 11.9. The number of thiazole rings is 1. The Morgan fingerprint density at radius 2 is 2.12 bits per heavy atom. The Bertz CT molecular complexity index is 844. The minimum absolute atomic E-state index is 0.0875. The average Bonchev–Trinajstić information content (AvgIpc) is 3.15. The zero-order valence-electron chi connectivity index (χ0n) is 13.9. The summed E-state index contributed by atoms with van der Waals surface area (Å²) >= 11 is 1.35. The lowest BCUT2D eigenvalue weighted by Gasteiger charge is -2.06. The molecule has 2 heterocycles. The summed E-state index contributed by atoms with van der Waals surface area (Å²) in [4.78, 5) is 16.5. The third kappa shape index (κ3) is 4.79. The Morgan fingerprint density at radius 3 is 2.76 bits per heavy atom. The number of hydrogen-bond acceptors (Lipinski definition) is 6. The molecule has 1 aliphatic rings. The fourth-order valence-electron chi connectivity index (χ4n) is 2.82. The molecule has 6 nitrogen and oxygen atoms in total. The molecule has 2 aromatic rings. The Balaban J connectivity index is 1.58. The summed E-state index contributed by atoms with van der Waals surface area (Å²) < 4.78 is 28.3. The zero-order valence-corrected chi connectivity index (χ0v) is 15.5. The van der Waals surface area contributed by atoms with E-state index >= 15 is 0 Å². The highest BCUT2D eigenvalue weighted by molar-refractivity contribution is 7.91. The number of amides is 1. The van der Waals surface area contributed by atoms with E-state index in [1.807, 2.05) is 36.6 Å². The monoisotopic (exact) mass is 380 g/mol. The van der Waals surface area contributed by atoms with Crippen LogP contribution in [0.25, 0.3) is 11.3 Å². The number of aromatic nitrogens is 1. The SMILES string of the molecule is CCOc1ccc(-c2csc(NC(=O)CC3CCS(=O)(=O)C3)n2)cc1. The van der Waals surface area contributed by atoms with Gasteiger partial charge in [0, 0.05) is 17.4 Å². The van der Waals surface area contributed by atoms with Crippen molar-refractivity contribution in [1.82, 2.24) is 4.98 Å². The lowest BCUT2D eigenvalue weighted by atomic mass is 10.1. The van der Waals surface area contributed by atoms with Crippen molar-refractivity contribution in [3.8, 4) is 17.0 Å². The molecule has 8 heteroatoms. The molecular weight excluding hydrogens is 360 g/mol. The first kappa shape index (κ1) is 17.9. The van der Waals surface area contributed by atoms with Gasteiger partial charge in [0.15, 0.2) is 15.0 Å². The standard InChI is InChI=1S/C17H20N2O4S2/c1-2-23-14-5-3-13(4-6-14)15-10-24-17(18-15)19-16(20)9-12-7-8-25(21,22)11-12/h3-6,10,12H,2,7-9,11H2,1H3,(H,18,19,20). The molecular formula is C17H20N2O4S2. The molecule has 0 spiro atoms. The second kappa shape index (κ2) is 7.53. The molecule has 0 aliphatic carbocycles. The number of benzene rings is 1. The van der Waals surface area contributed by atoms with Crippen molar-refractivity contribution in [3.05, 3.63) is 29.6 Å². The lowest BCUT2D eigenvalue weighted by Crippen LogP contribution is -2.17. The number of ether oxygens (including phenoxy) is 1. The van der Waals surface area contributed by atoms with Crippen LogP contribution in [-0.2, 0) is 14.6 Å². The normalized spacial score (nSPS) is 18.8. The molecule has 0 saturated carbocycles. The van der Waals surface area contributed by atoms with Crippen molar-refractivity contribution in [2.24, 2.45) is 5.92 Å². The molecule has 0 radical (unpaired) electrons. The first-order valence-electron chi connectivity index (χ1n) is 8.14. The van der Waals surface area contributed by atoms with Gasteiger partial charge in [0.05, 0.1) is 23.8 Å². The van der Waals surface area contributed by atoms with Crippen LogP contribution in [0.2, 0.25) is 0 Å². The average molecular weight is 380 g/mol. The smallest absolute Gasteiger partial charge is 0.226 e. The van der Waals surface area contributed by atoms with Crippen molar-refractivity contribution in [2.75, 3.05) is 23.4 Å². The number of rotatable bonds is 6. The van der Waals surface area contributed by atoms with Gasteiger partial charge >= 0.3 is 0 Å². The predicted molar refractivity (Wildman–Crippen MR) is 98.7 cm³/mol. The van der Waals surface area contributed by atoms with E-state index in [0.717, 1.165) is 17.0 Å². The highest BCUT2D eigenvalue weighted by Crippen LogP contribution is 2.27. The molecule has 1 atom stereocenters. The fourth-order valence-corrected chi connectivity index (χ4v) is 5.42. The number of carbonyl (C=O) groups is 1. The van der Waals surface area contributed by atoms with Crippen molar-refractivity contribution in [2.45, 2.75) is 19.8 Å². The summed E-state index contributed by atoms with van der Waals surface area (Å²) in [7, 11) is -2.96. The molecule has 1 N–H and O–H groups in total. The van der Waals surface area contributed by atoms with Gasteiger partial charge in [-0.1, -0.05) is 0 Å². The number of nitrogens with zero attached hydrogens (tertiary/aromatic N) is 1. The van der Waals surface area contributed by atoms with Crippen LogP contribution < -0.4 is 10.1 Å². The van der Waals surface area contributed by atoms with E-state index in [9.17, 15) is 13.2 Å². The maximum Gasteiger partial charge on any atom is 0.226 e. The maximum absolute atomic E-state index is 12.1. The van der Waals surface area contributed by atoms with Crippen LogP contribution in [0.3, 0.4) is 0 Å². The predicted octanol–water partition coefficient (Wildman–Crippen LogP) is 2.97. The molecule has 3 rings (SSSR count). The minimum atomic E-state index is -2.96. The Labute approximate surface area is 151 Å². The third-order valence-corrected chi connectivity index (χ3v) is 6.61. The van der Waals surface area contributed by atoms with Gasteiger partial charge < -0.3 is 10.1 Å². The number of anilines is 1. The third-order valence-electron chi connectivity index (χ3n) is 4.01. The van der Waals surface area contributed by atoms with Crippen LogP contribution in [0.15, 0.2) is 29.6 Å².